The maximum absolute atomic E-state index is 11.7. The van der Waals surface area contributed by atoms with Crippen molar-refractivity contribution in [1.29, 1.82) is 0 Å². The van der Waals surface area contributed by atoms with E-state index < -0.39 is 99.9 Å². The first-order chi connectivity index (χ1) is 62.6. The summed E-state index contributed by atoms with van der Waals surface area (Å²) in [7, 11) is -11.6. The molecule has 0 radical (unpaired) electrons. The second kappa shape index (κ2) is 86.1. The van der Waals surface area contributed by atoms with Crippen LogP contribution in [0.25, 0.3) is 0 Å². The monoisotopic (exact) mass is 2040 g/mol. The summed E-state index contributed by atoms with van der Waals surface area (Å²) in [6.07, 6.45) is 5.83. The first-order valence-electron chi connectivity index (χ1n) is 45.0. The van der Waals surface area contributed by atoms with Crippen molar-refractivity contribution in [3.05, 3.63) is 24.3 Å². The number of methoxy groups -OCH3 is 1. The summed E-state index contributed by atoms with van der Waals surface area (Å²) >= 11 is 0. The second-order valence-corrected chi connectivity index (χ2v) is 37.4. The topological polar surface area (TPSA) is 586 Å². The van der Waals surface area contributed by atoms with Crippen molar-refractivity contribution in [2.24, 2.45) is 38.9 Å². The molecule has 0 bridgehead atoms. The molecule has 0 aromatic heterocycles. The normalized spacial score (nSPS) is 11.9. The Kier molecular flexibility index (Phi) is 92.2. The molecule has 0 heterocycles. The molecule has 798 valence electrons. The van der Waals surface area contributed by atoms with E-state index in [-0.39, 0.29) is 170 Å². The van der Waals surface area contributed by atoms with Crippen LogP contribution >= 0.6 is 15.6 Å². The van der Waals surface area contributed by atoms with Gasteiger partial charge in [-0.25, -0.2) is 27.1 Å². The Bertz CT molecular complexity index is 3310. The summed E-state index contributed by atoms with van der Waals surface area (Å²) in [6, 6.07) is 0. The van der Waals surface area contributed by atoms with Crippen LogP contribution in [0.2, 0.25) is 0 Å². The van der Waals surface area contributed by atoms with Crippen LogP contribution in [-0.4, -0.2) is 320 Å². The van der Waals surface area contributed by atoms with Gasteiger partial charge in [-0.2, -0.15) is 0 Å². The van der Waals surface area contributed by atoms with Gasteiger partial charge >= 0.3 is 105 Å². The van der Waals surface area contributed by atoms with Gasteiger partial charge in [-0.05, 0) is 155 Å². The van der Waals surface area contributed by atoms with Crippen LogP contribution in [-0.2, 0) is 171 Å². The van der Waals surface area contributed by atoms with Gasteiger partial charge in [-0.15, -0.1) is 0 Å². The summed E-state index contributed by atoms with van der Waals surface area (Å²) in [4.78, 5) is 158. The number of aliphatic hydroxyl groups is 1. The molecule has 0 saturated carbocycles. The number of carbonyl (C=O) groups excluding carboxylic acids is 11. The smallest absolute Gasteiger partial charge is 0.748 e. The van der Waals surface area contributed by atoms with Crippen LogP contribution in [0, 0.1) is 38.9 Å². The summed E-state index contributed by atoms with van der Waals surface area (Å²) in [6.45, 7) is 56.1. The van der Waals surface area contributed by atoms with Crippen LogP contribution in [0.5, 0.6) is 0 Å². The summed E-state index contributed by atoms with van der Waals surface area (Å²) in [5, 5.41) is 10.9. The molecule has 0 aliphatic carbocycles. The van der Waals surface area contributed by atoms with E-state index in [9.17, 15) is 74.8 Å². The standard InChI is InChI=1S/C24H48O11.2C16H26O6.C9H19NO4S.2C8H17O6P.C8H16O3.Na/c1-4-23(2)24(25)35-22-21-34-20-19-33-18-17-32-16-15-31-14-13-30-12-11-29-10-9-28-8-7-27-6-5-26-3;2*1-6-16(4,5)15(19)22-11-10-20-13(17)8-7-9-21-14(18)12(2)3;1-5-7(2)8(11)10-9(3,4)6-15(12,13)14;2*1-4-8(2,3)7(9)13-5-6-14-15(10,11)12;1-4-8(2,3)7(10)11-6-5-9;/h23H,4-22H2,1-3H3;2*2,6-11H2,1,3-5H3;7H,5-6H2,1-4H3,(H,10,11)(H,12,13,14);2*4-6H2,1-3H3,(H2,10,11,12);9H,4-6H2,1-3H3;/q;;;;;;;+1/p-1. The molecular formula is C89H168NNaO42P2S. The minimum Gasteiger partial charge on any atom is -0.748 e. The predicted molar refractivity (Wildman–Crippen MR) is 495 cm³/mol. The molecule has 0 fully saturated rings. The molecule has 0 aromatic rings. The molecule has 2 unspecified atom stereocenters. The first kappa shape index (κ1) is 146. The van der Waals surface area contributed by atoms with Crippen LogP contribution in [0.1, 0.15) is 230 Å². The number of amides is 1. The molecule has 1 amide bonds. The Hall–Kier alpha value is -5.62. The van der Waals surface area contributed by atoms with E-state index in [0.29, 0.717) is 168 Å². The third-order valence-electron chi connectivity index (χ3n) is 18.6. The van der Waals surface area contributed by atoms with Gasteiger partial charge in [-0.1, -0.05) is 75.5 Å². The molecular weight excluding hydrogens is 1870 g/mol. The van der Waals surface area contributed by atoms with Crippen molar-refractivity contribution < 1.29 is 228 Å². The Morgan fingerprint density at radius 2 is 0.596 bits per heavy atom. The van der Waals surface area contributed by atoms with Crippen LogP contribution < -0.4 is 34.9 Å². The number of phosphoric acid groups is 2. The van der Waals surface area contributed by atoms with Gasteiger partial charge in [0.25, 0.3) is 0 Å². The zero-order chi connectivity index (χ0) is 105. The third kappa shape index (κ3) is 95.9. The van der Waals surface area contributed by atoms with E-state index in [4.69, 9.17) is 115 Å². The molecule has 47 heteroatoms. The largest absolute Gasteiger partial charge is 1.00 e. The summed E-state index contributed by atoms with van der Waals surface area (Å²) in [5.41, 5.74) is -3.02. The number of hydrogen-bond acceptors (Lipinski definition) is 38. The average Bonchev–Trinajstić information content (AvgIpc) is 0.857. The quantitative estimate of drug-likeness (QED) is 0.00696. The van der Waals surface area contributed by atoms with Gasteiger partial charge in [-0.3, -0.25) is 52.2 Å². The number of ether oxygens (including phenoxy) is 19. The third-order valence-corrected chi connectivity index (χ3v) is 20.7. The van der Waals surface area contributed by atoms with E-state index in [0.717, 1.165) is 12.8 Å². The van der Waals surface area contributed by atoms with E-state index in [2.05, 4.69) is 27.5 Å². The van der Waals surface area contributed by atoms with E-state index in [1.54, 1.807) is 83.3 Å². The fourth-order valence-corrected chi connectivity index (χ4v) is 9.15. The van der Waals surface area contributed by atoms with Gasteiger partial charge in [0, 0.05) is 42.6 Å². The van der Waals surface area contributed by atoms with Gasteiger partial charge in [0.1, 0.15) is 52.9 Å². The molecule has 0 spiro atoms. The van der Waals surface area contributed by atoms with Crippen molar-refractivity contribution in [3.8, 4) is 0 Å². The zero-order valence-corrected chi connectivity index (χ0v) is 90.5. The fourth-order valence-electron chi connectivity index (χ4n) is 7.57. The Morgan fingerprint density at radius 1 is 0.360 bits per heavy atom. The molecule has 0 saturated heterocycles. The van der Waals surface area contributed by atoms with Crippen molar-refractivity contribution in [2.75, 3.05) is 211 Å². The van der Waals surface area contributed by atoms with Crippen LogP contribution in [0.15, 0.2) is 24.3 Å². The van der Waals surface area contributed by atoms with Crippen molar-refractivity contribution in [2.45, 2.75) is 235 Å². The van der Waals surface area contributed by atoms with E-state index in [1.165, 1.54) is 13.8 Å². The molecule has 0 aliphatic heterocycles. The van der Waals surface area contributed by atoms with Gasteiger partial charge in [0.2, 0.25) is 5.91 Å². The minimum absolute atomic E-state index is 0. The number of aliphatic hydroxyl groups excluding tert-OH is 1. The number of hydrogen-bond donors (Lipinski definition) is 6. The van der Waals surface area contributed by atoms with Gasteiger partial charge < -0.3 is 125 Å². The molecule has 6 N–H and O–H groups in total. The number of carbonyl (C=O) groups is 11. The predicted octanol–water partition coefficient (Wildman–Crippen LogP) is 6.76. The maximum atomic E-state index is 11.7. The van der Waals surface area contributed by atoms with E-state index in [1.807, 2.05) is 69.2 Å². The molecule has 0 aliphatic rings. The summed E-state index contributed by atoms with van der Waals surface area (Å²) < 4.78 is 157. The Labute approximate surface area is 829 Å². The SMILES string of the molecule is C=C(C)C(=O)OCCCC(=O)OCCOC(=O)C(C)(C)CC.C=C(C)C(=O)OCCCC(=O)OCCOC(=O)C(C)(C)CC.CCC(C)(C)C(=O)OCCO.CCC(C)(C)C(=O)OCCOP(=O)(O)O.CCC(C)(C)C(=O)OCCOP(=O)(O)O.CCC(C)C(=O)NC(C)(C)CS(=O)(=O)[O-].CCC(C)C(=O)OCCOCCOCCOCCOCCOCCOCCOCCOCCOC.[Na+]. The number of rotatable bonds is 70. The van der Waals surface area contributed by atoms with Gasteiger partial charge in [0.05, 0.1) is 194 Å². The van der Waals surface area contributed by atoms with Crippen molar-refractivity contribution >= 4 is 91.4 Å². The first-order valence-corrected chi connectivity index (χ1v) is 49.6. The Morgan fingerprint density at radius 3 is 0.824 bits per heavy atom. The molecule has 2 atom stereocenters. The van der Waals surface area contributed by atoms with Gasteiger partial charge in [0.15, 0.2) is 0 Å². The van der Waals surface area contributed by atoms with Crippen LogP contribution in [0.3, 0.4) is 0 Å². The minimum atomic E-state index is -4.46. The van der Waals surface area contributed by atoms with Crippen LogP contribution in [0.4, 0.5) is 0 Å². The van der Waals surface area contributed by atoms with E-state index >= 15 is 0 Å². The second-order valence-electron chi connectivity index (χ2n) is 33.5. The number of phosphoric ester groups is 2. The number of esters is 10. The summed E-state index contributed by atoms with van der Waals surface area (Å²) in [5.74, 6) is -4.70. The van der Waals surface area contributed by atoms with Crippen molar-refractivity contribution in [3.63, 3.8) is 0 Å². The molecule has 136 heavy (non-hydrogen) atoms. The molecule has 0 rings (SSSR count). The molecule has 0 aromatic carbocycles. The average molecular weight is 2040 g/mol. The van der Waals surface area contributed by atoms with Crippen molar-refractivity contribution in [1.82, 2.24) is 5.32 Å². The maximum Gasteiger partial charge on any atom is 1.00 e. The Balaban J connectivity index is -0.000000242. The number of nitrogens with one attached hydrogen (secondary N) is 1. The molecule has 43 nitrogen and oxygen atoms in total. The fraction of sp³-hybridized carbons (Fsp3) is 0.831. The zero-order valence-electron chi connectivity index (χ0n) is 85.9.